The molecule has 3 amide bonds. The van der Waals surface area contributed by atoms with Gasteiger partial charge in [-0.05, 0) is 47.9 Å². The van der Waals surface area contributed by atoms with Crippen LogP contribution in [0.4, 0.5) is 14.9 Å². The number of piperidine rings is 1. The van der Waals surface area contributed by atoms with Crippen molar-refractivity contribution in [2.45, 2.75) is 64.5 Å². The van der Waals surface area contributed by atoms with Crippen LogP contribution < -0.4 is 10.0 Å². The fraction of sp³-hybridized carbons (Fsp3) is 0.600. The summed E-state index contributed by atoms with van der Waals surface area (Å²) in [5.74, 6) is -0.615. The number of anilines is 1. The summed E-state index contributed by atoms with van der Waals surface area (Å²) in [6.45, 7) is 9.64. The van der Waals surface area contributed by atoms with E-state index in [0.29, 0.717) is 29.9 Å². The van der Waals surface area contributed by atoms with Gasteiger partial charge in [0.2, 0.25) is 15.9 Å². The van der Waals surface area contributed by atoms with Crippen LogP contribution in [0.15, 0.2) is 12.1 Å². The summed E-state index contributed by atoms with van der Waals surface area (Å²) in [6.07, 6.45) is 0.542. The normalized spacial score (nSPS) is 15.7. The van der Waals surface area contributed by atoms with Gasteiger partial charge in [-0.3, -0.25) is 4.79 Å². The molecular formula is C20H30FN3O4S. The van der Waals surface area contributed by atoms with Gasteiger partial charge < -0.3 is 10.2 Å². The first-order valence-corrected chi connectivity index (χ1v) is 11.4. The van der Waals surface area contributed by atoms with Gasteiger partial charge in [-0.25, -0.2) is 22.3 Å². The number of sulfonamides is 1. The SMILES string of the molecule is CC(=O)N1CCC(S(=O)(=O)NC(=O)Nc2c(C(C)C)cc(F)cc2C(C)C)CC1. The molecule has 1 fully saturated rings. The van der Waals surface area contributed by atoms with Gasteiger partial charge in [0.15, 0.2) is 0 Å². The van der Waals surface area contributed by atoms with Gasteiger partial charge in [0.05, 0.1) is 5.25 Å². The van der Waals surface area contributed by atoms with E-state index in [1.165, 1.54) is 19.1 Å². The van der Waals surface area contributed by atoms with Crippen molar-refractivity contribution in [3.8, 4) is 0 Å². The third-order valence-corrected chi connectivity index (χ3v) is 7.03. The molecule has 2 N–H and O–H groups in total. The zero-order valence-corrected chi connectivity index (χ0v) is 18.4. The minimum absolute atomic E-state index is 0.0639. The maximum atomic E-state index is 14.0. The van der Waals surface area contributed by atoms with E-state index in [9.17, 15) is 22.4 Å². The number of benzene rings is 1. The summed E-state index contributed by atoms with van der Waals surface area (Å²) >= 11 is 0. The highest BCUT2D eigenvalue weighted by molar-refractivity contribution is 7.90. The van der Waals surface area contributed by atoms with Gasteiger partial charge in [0.25, 0.3) is 0 Å². The highest BCUT2D eigenvalue weighted by Gasteiger charge is 2.32. The molecule has 1 aliphatic rings. The zero-order valence-electron chi connectivity index (χ0n) is 17.6. The van der Waals surface area contributed by atoms with Gasteiger partial charge in [-0.2, -0.15) is 0 Å². The maximum Gasteiger partial charge on any atom is 0.332 e. The summed E-state index contributed by atoms with van der Waals surface area (Å²) < 4.78 is 41.3. The van der Waals surface area contributed by atoms with E-state index >= 15 is 0 Å². The standard InChI is InChI=1S/C20H30FN3O4S/c1-12(2)17-10-15(21)11-18(13(3)4)19(17)22-20(26)23-29(27,28)16-6-8-24(9-7-16)14(5)25/h10-13,16H,6-9H2,1-5H3,(H2,22,23,26). The predicted octanol–water partition coefficient (Wildman–Crippen LogP) is 3.53. The first-order valence-electron chi connectivity index (χ1n) is 9.83. The molecule has 1 aliphatic heterocycles. The van der Waals surface area contributed by atoms with Gasteiger partial charge in [-0.1, -0.05) is 27.7 Å². The number of likely N-dealkylation sites (tertiary alicyclic amines) is 1. The average Bonchev–Trinajstić information content (AvgIpc) is 2.62. The lowest BCUT2D eigenvalue weighted by Crippen LogP contribution is -2.47. The quantitative estimate of drug-likeness (QED) is 0.751. The van der Waals surface area contributed by atoms with Crippen molar-refractivity contribution in [3.05, 3.63) is 29.1 Å². The van der Waals surface area contributed by atoms with Crippen LogP contribution in [0.2, 0.25) is 0 Å². The summed E-state index contributed by atoms with van der Waals surface area (Å²) in [7, 11) is -3.90. The zero-order chi connectivity index (χ0) is 21.9. The fourth-order valence-corrected chi connectivity index (χ4v) is 4.84. The molecule has 2 rings (SSSR count). The monoisotopic (exact) mass is 427 g/mol. The summed E-state index contributed by atoms with van der Waals surface area (Å²) in [5.41, 5.74) is 1.66. The molecule has 1 aromatic carbocycles. The van der Waals surface area contributed by atoms with Crippen molar-refractivity contribution in [3.63, 3.8) is 0 Å². The Kier molecular flexibility index (Phi) is 7.26. The third-order valence-electron chi connectivity index (χ3n) is 5.21. The first kappa shape index (κ1) is 23.1. The van der Waals surface area contributed by atoms with E-state index in [0.717, 1.165) is 0 Å². The smallest absolute Gasteiger partial charge is 0.332 e. The average molecular weight is 428 g/mol. The number of carbonyl (C=O) groups excluding carboxylic acids is 2. The molecule has 9 heteroatoms. The van der Waals surface area contributed by atoms with Gasteiger partial charge >= 0.3 is 6.03 Å². The largest absolute Gasteiger partial charge is 0.343 e. The number of nitrogens with zero attached hydrogens (tertiary/aromatic N) is 1. The molecule has 0 saturated carbocycles. The second-order valence-corrected chi connectivity index (χ2v) is 10.0. The Morgan fingerprint density at radius 1 is 1.07 bits per heavy atom. The lowest BCUT2D eigenvalue weighted by atomic mass is 9.92. The van der Waals surface area contributed by atoms with Gasteiger partial charge in [-0.15, -0.1) is 0 Å². The molecule has 162 valence electrons. The van der Waals surface area contributed by atoms with Crippen molar-refractivity contribution >= 4 is 27.6 Å². The Balaban J connectivity index is 2.18. The molecule has 29 heavy (non-hydrogen) atoms. The van der Waals surface area contributed by atoms with E-state index in [1.54, 1.807) is 4.90 Å². The van der Waals surface area contributed by atoms with Crippen LogP contribution in [0.5, 0.6) is 0 Å². The van der Waals surface area contributed by atoms with E-state index in [4.69, 9.17) is 0 Å². The minimum Gasteiger partial charge on any atom is -0.343 e. The highest BCUT2D eigenvalue weighted by atomic mass is 32.2. The molecule has 0 atom stereocenters. The van der Waals surface area contributed by atoms with E-state index in [1.807, 2.05) is 27.7 Å². The van der Waals surface area contributed by atoms with Crippen molar-refractivity contribution in [1.82, 2.24) is 9.62 Å². The fourth-order valence-electron chi connectivity index (χ4n) is 3.54. The summed E-state index contributed by atoms with van der Waals surface area (Å²) in [6, 6.07) is 1.85. The van der Waals surface area contributed by atoms with Crippen LogP contribution in [0, 0.1) is 5.82 Å². The Hall–Kier alpha value is -2.16. The molecule has 0 aromatic heterocycles. The summed E-state index contributed by atoms with van der Waals surface area (Å²) in [4.78, 5) is 25.5. The Morgan fingerprint density at radius 3 is 1.97 bits per heavy atom. The Bertz CT molecular complexity index is 847. The van der Waals surface area contributed by atoms with Crippen LogP contribution in [-0.4, -0.2) is 43.6 Å². The Labute approximate surface area is 172 Å². The lowest BCUT2D eigenvalue weighted by molar-refractivity contribution is -0.129. The second kappa shape index (κ2) is 9.11. The van der Waals surface area contributed by atoms with Gasteiger partial charge in [0.1, 0.15) is 5.82 Å². The predicted molar refractivity (Wildman–Crippen MR) is 111 cm³/mol. The van der Waals surface area contributed by atoms with Crippen molar-refractivity contribution in [2.24, 2.45) is 0 Å². The van der Waals surface area contributed by atoms with E-state index in [2.05, 4.69) is 10.0 Å². The van der Waals surface area contributed by atoms with Crippen LogP contribution in [-0.2, 0) is 14.8 Å². The number of urea groups is 1. The maximum absolute atomic E-state index is 14.0. The van der Waals surface area contributed by atoms with Crippen molar-refractivity contribution < 1.29 is 22.4 Å². The molecule has 0 bridgehead atoms. The van der Waals surface area contributed by atoms with Crippen molar-refractivity contribution in [2.75, 3.05) is 18.4 Å². The number of hydrogen-bond donors (Lipinski definition) is 2. The van der Waals surface area contributed by atoms with Gasteiger partial charge in [0, 0.05) is 25.7 Å². The molecule has 0 unspecified atom stereocenters. The summed E-state index contributed by atoms with van der Waals surface area (Å²) in [5, 5.41) is 1.89. The first-order chi connectivity index (χ1) is 13.4. The van der Waals surface area contributed by atoms with Crippen molar-refractivity contribution in [1.29, 1.82) is 0 Å². The molecule has 0 radical (unpaired) electrons. The molecule has 1 heterocycles. The number of rotatable bonds is 5. The Morgan fingerprint density at radius 2 is 1.55 bits per heavy atom. The van der Waals surface area contributed by atoms with Crippen LogP contribution in [0.1, 0.15) is 70.4 Å². The number of hydrogen-bond acceptors (Lipinski definition) is 4. The number of nitrogens with one attached hydrogen (secondary N) is 2. The molecule has 1 aromatic rings. The molecular weight excluding hydrogens is 397 g/mol. The molecule has 7 nitrogen and oxygen atoms in total. The van der Waals surface area contributed by atoms with E-state index in [-0.39, 0.29) is 30.6 Å². The molecule has 1 saturated heterocycles. The second-order valence-electron chi connectivity index (χ2n) is 8.08. The number of amides is 3. The van der Waals surface area contributed by atoms with Crippen LogP contribution >= 0.6 is 0 Å². The topological polar surface area (TPSA) is 95.6 Å². The molecule has 0 spiro atoms. The van der Waals surface area contributed by atoms with E-state index < -0.39 is 27.1 Å². The number of halogens is 1. The third kappa shape index (κ3) is 5.68. The highest BCUT2D eigenvalue weighted by Crippen LogP contribution is 2.33. The molecule has 0 aliphatic carbocycles. The minimum atomic E-state index is -3.90. The number of carbonyl (C=O) groups is 2. The van der Waals surface area contributed by atoms with Crippen LogP contribution in [0.25, 0.3) is 0 Å². The lowest BCUT2D eigenvalue weighted by Gasteiger charge is -2.31. The van der Waals surface area contributed by atoms with Crippen LogP contribution in [0.3, 0.4) is 0 Å².